The quantitative estimate of drug-likeness (QED) is 0.794. The van der Waals surface area contributed by atoms with Crippen LogP contribution in [0.2, 0.25) is 4.34 Å². The van der Waals surface area contributed by atoms with E-state index in [-0.39, 0.29) is 17.9 Å². The van der Waals surface area contributed by atoms with E-state index in [9.17, 15) is 9.90 Å². The van der Waals surface area contributed by atoms with Crippen molar-refractivity contribution in [3.63, 3.8) is 0 Å². The van der Waals surface area contributed by atoms with E-state index in [0.29, 0.717) is 10.0 Å². The molecule has 0 bridgehead atoms. The lowest BCUT2D eigenvalue weighted by Gasteiger charge is -2.09. The monoisotopic (exact) mass is 320 g/mol. The molecule has 0 unspecified atom stereocenters. The number of fused-ring (bicyclic) bond motifs is 1. The van der Waals surface area contributed by atoms with Crippen LogP contribution in [-0.4, -0.2) is 20.7 Å². The van der Waals surface area contributed by atoms with Crippen LogP contribution in [0.3, 0.4) is 0 Å². The number of aromatic carboxylic acids is 1. The van der Waals surface area contributed by atoms with E-state index >= 15 is 0 Å². The summed E-state index contributed by atoms with van der Waals surface area (Å²) in [5.74, 6) is -0.761. The van der Waals surface area contributed by atoms with Gasteiger partial charge in [0.1, 0.15) is 28.0 Å². The Kier molecular flexibility index (Phi) is 3.72. The van der Waals surface area contributed by atoms with Crippen molar-refractivity contribution in [3.05, 3.63) is 52.0 Å². The lowest BCUT2D eigenvalue weighted by molar-refractivity contribution is 0.0692. The molecule has 0 atom stereocenters. The molecule has 0 saturated heterocycles. The van der Waals surface area contributed by atoms with E-state index in [4.69, 9.17) is 16.3 Å². The highest BCUT2D eigenvalue weighted by atomic mass is 35.5. The second-order valence-electron chi connectivity index (χ2n) is 4.28. The minimum atomic E-state index is -1.04. The number of rotatable bonds is 4. The first-order valence-corrected chi connectivity index (χ1v) is 7.16. The molecule has 1 heterocycles. The van der Waals surface area contributed by atoms with E-state index in [1.54, 1.807) is 12.1 Å². The number of ether oxygens (including phenoxy) is 1. The van der Waals surface area contributed by atoms with Crippen LogP contribution < -0.4 is 4.74 Å². The summed E-state index contributed by atoms with van der Waals surface area (Å²) in [7, 11) is 0. The number of benzene rings is 2. The predicted molar refractivity (Wildman–Crippen MR) is 80.2 cm³/mol. The van der Waals surface area contributed by atoms with Crippen LogP contribution in [0.25, 0.3) is 10.8 Å². The minimum Gasteiger partial charge on any atom is -0.486 e. The molecule has 0 radical (unpaired) electrons. The third-order valence-corrected chi connectivity index (χ3v) is 3.94. The summed E-state index contributed by atoms with van der Waals surface area (Å²) in [5, 5.41) is 14.9. The van der Waals surface area contributed by atoms with Gasteiger partial charge in [0.05, 0.1) is 0 Å². The molecule has 1 aromatic heterocycles. The third kappa shape index (κ3) is 2.81. The van der Waals surface area contributed by atoms with Crippen molar-refractivity contribution < 1.29 is 14.6 Å². The van der Waals surface area contributed by atoms with Crippen LogP contribution in [-0.2, 0) is 6.61 Å². The molecule has 5 nitrogen and oxygen atoms in total. The highest BCUT2D eigenvalue weighted by molar-refractivity contribution is 7.10. The Hall–Kier alpha value is -2.18. The fourth-order valence-corrected chi connectivity index (χ4v) is 2.54. The van der Waals surface area contributed by atoms with E-state index in [2.05, 4.69) is 9.59 Å². The maximum absolute atomic E-state index is 11.4. The molecule has 7 heteroatoms. The van der Waals surface area contributed by atoms with Gasteiger partial charge in [0.25, 0.3) is 0 Å². The van der Waals surface area contributed by atoms with Crippen LogP contribution in [0.4, 0.5) is 0 Å². The molecule has 3 aromatic rings. The maximum Gasteiger partial charge on any atom is 0.339 e. The van der Waals surface area contributed by atoms with Crippen molar-refractivity contribution in [1.29, 1.82) is 0 Å². The number of carbonyl (C=O) groups is 1. The van der Waals surface area contributed by atoms with Crippen LogP contribution >= 0.6 is 23.1 Å². The molecular formula is C14H9ClN2O3S. The van der Waals surface area contributed by atoms with Crippen molar-refractivity contribution in [1.82, 2.24) is 9.59 Å². The molecule has 21 heavy (non-hydrogen) atoms. The Morgan fingerprint density at radius 3 is 2.62 bits per heavy atom. The molecular weight excluding hydrogens is 312 g/mol. The zero-order valence-electron chi connectivity index (χ0n) is 10.6. The first-order chi connectivity index (χ1) is 10.1. The Morgan fingerprint density at radius 1 is 1.29 bits per heavy atom. The number of aromatic nitrogens is 2. The minimum absolute atomic E-state index is 0.0773. The van der Waals surface area contributed by atoms with Gasteiger partial charge in [0.2, 0.25) is 0 Å². The standard InChI is InChI=1S/C14H9ClN2O3S/c15-13-11(16-17-21-13)7-20-12-6-9-4-2-1-3-8(9)5-10(12)14(18)19/h1-6H,7H2,(H,18,19). The lowest BCUT2D eigenvalue weighted by Crippen LogP contribution is -2.04. The summed E-state index contributed by atoms with van der Waals surface area (Å²) >= 11 is 6.96. The number of carboxylic acids is 1. The molecule has 0 amide bonds. The lowest BCUT2D eigenvalue weighted by atomic mass is 10.1. The van der Waals surface area contributed by atoms with Gasteiger partial charge in [-0.05, 0) is 22.9 Å². The summed E-state index contributed by atoms with van der Waals surface area (Å²) in [6, 6.07) is 10.8. The van der Waals surface area contributed by atoms with Crippen molar-refractivity contribution >= 4 is 39.9 Å². The summed E-state index contributed by atoms with van der Waals surface area (Å²) < 4.78 is 9.71. The van der Waals surface area contributed by atoms with Gasteiger partial charge in [0, 0.05) is 11.5 Å². The van der Waals surface area contributed by atoms with E-state index in [1.165, 1.54) is 0 Å². The second kappa shape index (κ2) is 5.67. The largest absolute Gasteiger partial charge is 0.486 e. The van der Waals surface area contributed by atoms with Crippen molar-refractivity contribution in [3.8, 4) is 5.75 Å². The molecule has 0 saturated carbocycles. The SMILES string of the molecule is O=C(O)c1cc2ccccc2cc1OCc1nnsc1Cl. The highest BCUT2D eigenvalue weighted by Gasteiger charge is 2.14. The van der Waals surface area contributed by atoms with Crippen LogP contribution in [0, 0.1) is 0 Å². The molecule has 106 valence electrons. The maximum atomic E-state index is 11.4. The molecule has 0 aliphatic heterocycles. The molecule has 0 spiro atoms. The van der Waals surface area contributed by atoms with E-state index in [1.807, 2.05) is 24.3 Å². The average Bonchev–Trinajstić information content (AvgIpc) is 2.89. The molecule has 0 aliphatic rings. The van der Waals surface area contributed by atoms with E-state index < -0.39 is 5.97 Å². The fourth-order valence-electron chi connectivity index (χ4n) is 1.94. The Bertz CT molecular complexity index is 819. The molecule has 2 aromatic carbocycles. The first-order valence-electron chi connectivity index (χ1n) is 6.01. The first kappa shape index (κ1) is 13.8. The predicted octanol–water partition coefficient (Wildman–Crippen LogP) is 3.62. The smallest absolute Gasteiger partial charge is 0.339 e. The van der Waals surface area contributed by atoms with Gasteiger partial charge in [0.15, 0.2) is 0 Å². The van der Waals surface area contributed by atoms with Crippen molar-refractivity contribution in [2.24, 2.45) is 0 Å². The van der Waals surface area contributed by atoms with E-state index in [0.717, 1.165) is 22.3 Å². The summed E-state index contributed by atoms with van der Waals surface area (Å²) in [4.78, 5) is 11.4. The fraction of sp³-hybridized carbons (Fsp3) is 0.0714. The van der Waals surface area contributed by atoms with Crippen molar-refractivity contribution in [2.75, 3.05) is 0 Å². The number of nitrogens with zero attached hydrogens (tertiary/aromatic N) is 2. The Balaban J connectivity index is 1.97. The van der Waals surface area contributed by atoms with Crippen LogP contribution in [0.5, 0.6) is 5.75 Å². The van der Waals surface area contributed by atoms with Gasteiger partial charge in [-0.2, -0.15) is 0 Å². The van der Waals surface area contributed by atoms with Gasteiger partial charge >= 0.3 is 5.97 Å². The third-order valence-electron chi connectivity index (χ3n) is 2.95. The normalized spacial score (nSPS) is 10.7. The molecule has 0 aliphatic carbocycles. The summed E-state index contributed by atoms with van der Waals surface area (Å²) in [5.41, 5.74) is 0.596. The van der Waals surface area contributed by atoms with Gasteiger partial charge < -0.3 is 9.84 Å². The zero-order valence-corrected chi connectivity index (χ0v) is 12.2. The van der Waals surface area contributed by atoms with Crippen molar-refractivity contribution in [2.45, 2.75) is 6.61 Å². The summed E-state index contributed by atoms with van der Waals surface area (Å²) in [6.07, 6.45) is 0. The number of hydrogen-bond donors (Lipinski definition) is 1. The molecule has 3 rings (SSSR count). The van der Waals surface area contributed by atoms with Gasteiger partial charge in [-0.15, -0.1) is 5.10 Å². The molecule has 0 fully saturated rings. The van der Waals surface area contributed by atoms with Crippen LogP contribution in [0.1, 0.15) is 16.1 Å². The average molecular weight is 321 g/mol. The number of hydrogen-bond acceptors (Lipinski definition) is 5. The number of halogens is 1. The van der Waals surface area contributed by atoms with Gasteiger partial charge in [-0.1, -0.05) is 40.4 Å². The van der Waals surface area contributed by atoms with Crippen LogP contribution in [0.15, 0.2) is 36.4 Å². The highest BCUT2D eigenvalue weighted by Crippen LogP contribution is 2.28. The molecule has 1 N–H and O–H groups in total. The Morgan fingerprint density at radius 2 is 2.00 bits per heavy atom. The topological polar surface area (TPSA) is 72.3 Å². The summed E-state index contributed by atoms with van der Waals surface area (Å²) in [6.45, 7) is 0.0773. The zero-order chi connectivity index (χ0) is 14.8. The second-order valence-corrected chi connectivity index (χ2v) is 5.64. The van der Waals surface area contributed by atoms with Gasteiger partial charge in [-0.3, -0.25) is 0 Å². The Labute approximate surface area is 128 Å². The van der Waals surface area contributed by atoms with Gasteiger partial charge in [-0.25, -0.2) is 4.79 Å². The number of carboxylic acid groups (broad SMARTS) is 1.